The summed E-state index contributed by atoms with van der Waals surface area (Å²) in [5.74, 6) is -0.509. The van der Waals surface area contributed by atoms with E-state index in [1.807, 2.05) is 36.3 Å². The van der Waals surface area contributed by atoms with Gasteiger partial charge in [0.2, 0.25) is 0 Å². The standard InChI is InChI=1S/C23H18F3N7OS/c1-11-2-3-12(4-13(11)8-27)15-5-14-9-28-31-16(14)6-17(15)29-21(34)19-10-35-22(30-19)18-7-20(33-32-18)23(24,25)26/h2-7,9-10H,8,27H2,1H3,(H,28,31)(H,29,34)(H,32,33). The smallest absolute Gasteiger partial charge is 0.326 e. The highest BCUT2D eigenvalue weighted by atomic mass is 32.1. The lowest BCUT2D eigenvalue weighted by Crippen LogP contribution is -2.13. The number of nitrogens with two attached hydrogens (primary N) is 1. The monoisotopic (exact) mass is 497 g/mol. The van der Waals surface area contributed by atoms with Crippen LogP contribution in [0.15, 0.2) is 48.0 Å². The first kappa shape index (κ1) is 22.7. The number of carbonyl (C=O) groups excluding carboxylic acids is 1. The first-order valence-corrected chi connectivity index (χ1v) is 11.3. The van der Waals surface area contributed by atoms with Crippen molar-refractivity contribution in [1.82, 2.24) is 25.4 Å². The van der Waals surface area contributed by atoms with Gasteiger partial charge in [-0.2, -0.15) is 23.4 Å². The number of H-pyrrole nitrogens is 2. The van der Waals surface area contributed by atoms with Crippen LogP contribution < -0.4 is 11.1 Å². The molecule has 35 heavy (non-hydrogen) atoms. The lowest BCUT2D eigenvalue weighted by atomic mass is 9.97. The number of halogens is 3. The molecule has 2 aromatic carbocycles. The molecule has 3 heterocycles. The van der Waals surface area contributed by atoms with Crippen LogP contribution in [-0.4, -0.2) is 31.3 Å². The minimum atomic E-state index is -4.55. The molecule has 0 spiro atoms. The molecule has 0 saturated carbocycles. The fourth-order valence-electron chi connectivity index (χ4n) is 3.65. The van der Waals surface area contributed by atoms with E-state index in [4.69, 9.17) is 5.73 Å². The van der Waals surface area contributed by atoms with Crippen LogP contribution in [0.1, 0.15) is 27.3 Å². The Balaban J connectivity index is 1.47. The van der Waals surface area contributed by atoms with Gasteiger partial charge >= 0.3 is 6.18 Å². The van der Waals surface area contributed by atoms with E-state index in [0.717, 1.165) is 50.6 Å². The summed E-state index contributed by atoms with van der Waals surface area (Å²) in [6, 6.07) is 10.4. The van der Waals surface area contributed by atoms with Crippen LogP contribution in [0.4, 0.5) is 18.9 Å². The maximum atomic E-state index is 13.0. The van der Waals surface area contributed by atoms with Gasteiger partial charge in [0.05, 0.1) is 17.4 Å². The molecule has 0 fully saturated rings. The number of carbonyl (C=O) groups is 1. The van der Waals surface area contributed by atoms with Crippen molar-refractivity contribution in [3.05, 3.63) is 70.5 Å². The maximum Gasteiger partial charge on any atom is 0.432 e. The highest BCUT2D eigenvalue weighted by Gasteiger charge is 2.33. The molecule has 8 nitrogen and oxygen atoms in total. The number of thiazole rings is 1. The van der Waals surface area contributed by atoms with E-state index < -0.39 is 17.8 Å². The highest BCUT2D eigenvalue weighted by molar-refractivity contribution is 7.13. The normalized spacial score (nSPS) is 11.8. The number of alkyl halides is 3. The molecule has 12 heteroatoms. The van der Waals surface area contributed by atoms with Crippen molar-refractivity contribution in [3.8, 4) is 21.8 Å². The minimum Gasteiger partial charge on any atom is -0.326 e. The second-order valence-electron chi connectivity index (χ2n) is 7.86. The summed E-state index contributed by atoms with van der Waals surface area (Å²) in [6.45, 7) is 2.35. The third-order valence-electron chi connectivity index (χ3n) is 5.55. The third-order valence-corrected chi connectivity index (χ3v) is 6.41. The number of aromatic nitrogens is 5. The van der Waals surface area contributed by atoms with Crippen molar-refractivity contribution in [2.24, 2.45) is 5.73 Å². The Morgan fingerprint density at radius 2 is 2.00 bits per heavy atom. The van der Waals surface area contributed by atoms with Gasteiger partial charge in [0.25, 0.3) is 5.91 Å². The number of aromatic amines is 2. The lowest BCUT2D eigenvalue weighted by Gasteiger charge is -2.13. The molecule has 0 aliphatic carbocycles. The Kier molecular flexibility index (Phi) is 5.61. The number of amides is 1. The van der Waals surface area contributed by atoms with Crippen LogP contribution in [-0.2, 0) is 12.7 Å². The number of aryl methyl sites for hydroxylation is 1. The molecule has 178 valence electrons. The average Bonchev–Trinajstić information content (AvgIpc) is 3.58. The highest BCUT2D eigenvalue weighted by Crippen LogP contribution is 2.34. The number of fused-ring (bicyclic) bond motifs is 1. The van der Waals surface area contributed by atoms with Crippen LogP contribution in [0.25, 0.3) is 32.7 Å². The van der Waals surface area contributed by atoms with Gasteiger partial charge in [-0.3, -0.25) is 15.0 Å². The van der Waals surface area contributed by atoms with Crippen LogP contribution in [0.2, 0.25) is 0 Å². The van der Waals surface area contributed by atoms with Gasteiger partial charge < -0.3 is 11.1 Å². The molecule has 5 N–H and O–H groups in total. The second kappa shape index (κ2) is 8.64. The summed E-state index contributed by atoms with van der Waals surface area (Å²) in [6.07, 6.45) is -2.86. The van der Waals surface area contributed by atoms with E-state index in [1.165, 1.54) is 5.38 Å². The van der Waals surface area contributed by atoms with Crippen molar-refractivity contribution < 1.29 is 18.0 Å². The molecule has 0 unspecified atom stereocenters. The zero-order valence-corrected chi connectivity index (χ0v) is 19.0. The number of benzene rings is 2. The number of anilines is 1. The van der Waals surface area contributed by atoms with Crippen LogP contribution in [0, 0.1) is 6.92 Å². The summed E-state index contributed by atoms with van der Waals surface area (Å²) in [4.78, 5) is 17.2. The number of nitrogens with one attached hydrogen (secondary N) is 3. The number of rotatable bonds is 5. The molecule has 0 saturated heterocycles. The lowest BCUT2D eigenvalue weighted by molar-refractivity contribution is -0.141. The SMILES string of the molecule is Cc1ccc(-c2cc3cn[nH]c3cc2NC(=O)c2csc(-c3cc(C(F)(F)F)[nH]n3)n2)cc1CN. The zero-order chi connectivity index (χ0) is 24.7. The second-order valence-corrected chi connectivity index (χ2v) is 8.72. The molecule has 5 rings (SSSR count). The Morgan fingerprint density at radius 1 is 1.17 bits per heavy atom. The topological polar surface area (TPSA) is 125 Å². The maximum absolute atomic E-state index is 13.0. The minimum absolute atomic E-state index is 0.00918. The van der Waals surface area contributed by atoms with Crippen molar-refractivity contribution in [1.29, 1.82) is 0 Å². The summed E-state index contributed by atoms with van der Waals surface area (Å²) >= 11 is 1.02. The first-order valence-electron chi connectivity index (χ1n) is 10.4. The number of nitrogens with zero attached hydrogens (tertiary/aromatic N) is 3. The molecule has 0 aliphatic heterocycles. The predicted octanol–water partition coefficient (Wildman–Crippen LogP) is 5.11. The van der Waals surface area contributed by atoms with Gasteiger partial charge in [-0.25, -0.2) is 4.98 Å². The molecule has 0 radical (unpaired) electrons. The van der Waals surface area contributed by atoms with Crippen molar-refractivity contribution in [3.63, 3.8) is 0 Å². The van der Waals surface area contributed by atoms with Crippen molar-refractivity contribution >= 4 is 33.8 Å². The molecular weight excluding hydrogens is 479 g/mol. The molecule has 3 aromatic heterocycles. The molecule has 0 atom stereocenters. The third kappa shape index (κ3) is 4.40. The van der Waals surface area contributed by atoms with E-state index in [2.05, 4.69) is 25.6 Å². The number of hydrogen-bond acceptors (Lipinski definition) is 6. The fourth-order valence-corrected chi connectivity index (χ4v) is 4.41. The molecular formula is C23H18F3N7OS. The Morgan fingerprint density at radius 3 is 2.74 bits per heavy atom. The zero-order valence-electron chi connectivity index (χ0n) is 18.2. The van der Waals surface area contributed by atoms with Gasteiger partial charge in [-0.05, 0) is 47.9 Å². The van der Waals surface area contributed by atoms with Crippen molar-refractivity contribution in [2.45, 2.75) is 19.6 Å². The summed E-state index contributed by atoms with van der Waals surface area (Å²) in [7, 11) is 0. The van der Waals surface area contributed by atoms with Gasteiger partial charge in [0.15, 0.2) is 0 Å². The van der Waals surface area contributed by atoms with E-state index >= 15 is 0 Å². The number of hydrogen-bond donors (Lipinski definition) is 4. The van der Waals surface area contributed by atoms with Gasteiger partial charge in [-0.1, -0.05) is 12.1 Å². The quantitative estimate of drug-likeness (QED) is 0.268. The average molecular weight is 498 g/mol. The Hall–Kier alpha value is -4.03. The molecule has 5 aromatic rings. The first-order chi connectivity index (χ1) is 16.7. The molecule has 0 bridgehead atoms. The summed E-state index contributed by atoms with van der Waals surface area (Å²) < 4.78 is 38.6. The van der Waals surface area contributed by atoms with Gasteiger partial charge in [-0.15, -0.1) is 11.3 Å². The van der Waals surface area contributed by atoms with E-state index in [1.54, 1.807) is 12.3 Å². The predicted molar refractivity (Wildman–Crippen MR) is 127 cm³/mol. The Bertz CT molecular complexity index is 1550. The summed E-state index contributed by atoms with van der Waals surface area (Å²) in [5, 5.41) is 18.0. The van der Waals surface area contributed by atoms with Gasteiger partial charge in [0.1, 0.15) is 22.1 Å². The van der Waals surface area contributed by atoms with E-state index in [0.29, 0.717) is 12.2 Å². The van der Waals surface area contributed by atoms with Crippen molar-refractivity contribution in [2.75, 3.05) is 5.32 Å². The van der Waals surface area contributed by atoms with Crippen LogP contribution >= 0.6 is 11.3 Å². The van der Waals surface area contributed by atoms with E-state index in [-0.39, 0.29) is 16.4 Å². The molecule has 0 aliphatic rings. The van der Waals surface area contributed by atoms with E-state index in [9.17, 15) is 18.0 Å². The fraction of sp³-hybridized carbons (Fsp3) is 0.130. The summed E-state index contributed by atoms with van der Waals surface area (Å²) in [5.41, 5.74) is 9.88. The largest absolute Gasteiger partial charge is 0.432 e. The molecule has 1 amide bonds. The van der Waals surface area contributed by atoms with Crippen LogP contribution in [0.5, 0.6) is 0 Å². The Labute approximate surface area is 200 Å². The van der Waals surface area contributed by atoms with Gasteiger partial charge in [0, 0.05) is 22.9 Å². The van der Waals surface area contributed by atoms with Crippen LogP contribution in [0.3, 0.4) is 0 Å².